The average Bonchev–Trinajstić information content (AvgIpc) is 1.90. The third-order valence-electron chi connectivity index (χ3n) is 0.908. The van der Waals surface area contributed by atoms with Crippen molar-refractivity contribution in [2.45, 2.75) is 0 Å². The Morgan fingerprint density at radius 3 is 2.60 bits per heavy atom. The van der Waals surface area contributed by atoms with Gasteiger partial charge in [-0.3, -0.25) is 4.98 Å². The van der Waals surface area contributed by atoms with Gasteiger partial charge < -0.3 is 5.11 Å². The van der Waals surface area contributed by atoms with E-state index in [4.69, 9.17) is 5.11 Å². The first-order valence-corrected chi connectivity index (χ1v) is 2.44. The van der Waals surface area contributed by atoms with Crippen molar-refractivity contribution >= 4 is 57.4 Å². The van der Waals surface area contributed by atoms with E-state index in [0.29, 0.717) is 0 Å². The summed E-state index contributed by atoms with van der Waals surface area (Å²) in [5.41, 5.74) is 0.220. The van der Waals surface area contributed by atoms with Gasteiger partial charge in [0, 0.05) is 12.4 Å². The fraction of sp³-hybridized carbons (Fsp3) is 0. The second kappa shape index (κ2) is 4.98. The van der Waals surface area contributed by atoms with E-state index in [1.165, 1.54) is 18.5 Å². The first-order chi connectivity index (χ1) is 4.30. The molecule has 0 atom stereocenters. The van der Waals surface area contributed by atoms with Gasteiger partial charge in [0.25, 0.3) is 0 Å². The van der Waals surface area contributed by atoms with Crippen molar-refractivity contribution in [1.82, 2.24) is 4.98 Å². The zero-order valence-corrected chi connectivity index (χ0v) is 4.61. The summed E-state index contributed by atoms with van der Waals surface area (Å²) in [7, 11) is 0. The van der Waals surface area contributed by atoms with Gasteiger partial charge in [-0.25, -0.2) is 4.79 Å². The Kier molecular flexibility index (Phi) is 5.11. The number of carbonyl (C=O) groups is 1. The minimum absolute atomic E-state index is 0. The van der Waals surface area contributed by atoms with Crippen LogP contribution in [0.3, 0.4) is 0 Å². The first-order valence-electron chi connectivity index (χ1n) is 2.44. The van der Waals surface area contributed by atoms with Crippen LogP contribution in [0.1, 0.15) is 10.4 Å². The zero-order valence-electron chi connectivity index (χ0n) is 4.61. The predicted octanol–water partition coefficient (Wildman–Crippen LogP) is 0.131. The van der Waals surface area contributed by atoms with Gasteiger partial charge in [-0.1, -0.05) is 0 Å². The van der Waals surface area contributed by atoms with E-state index < -0.39 is 5.97 Å². The molecule has 3 nitrogen and oxygen atoms in total. The number of carboxylic acids is 1. The summed E-state index contributed by atoms with van der Waals surface area (Å²) in [6.07, 6.45) is 2.84. The quantitative estimate of drug-likeness (QED) is 0.599. The fourth-order valence-electron chi connectivity index (χ4n) is 0.489. The van der Waals surface area contributed by atoms with E-state index in [1.54, 1.807) is 6.07 Å². The number of aromatic nitrogens is 1. The summed E-state index contributed by atoms with van der Waals surface area (Å²) >= 11 is 0. The van der Waals surface area contributed by atoms with Crippen LogP contribution in [0.4, 0.5) is 0 Å². The van der Waals surface area contributed by atoms with Gasteiger partial charge in [-0.15, -0.1) is 0 Å². The third-order valence-corrected chi connectivity index (χ3v) is 0.908. The summed E-state index contributed by atoms with van der Waals surface area (Å²) in [5, 5.41) is 8.34. The Bertz CT molecular complexity index is 212. The summed E-state index contributed by atoms with van der Waals surface area (Å²) in [4.78, 5) is 13.8. The molecule has 0 unspecified atom stereocenters. The van der Waals surface area contributed by atoms with E-state index in [-0.39, 0.29) is 56.9 Å². The molecule has 0 aliphatic rings. The van der Waals surface area contributed by atoms with Gasteiger partial charge in [-0.2, -0.15) is 0 Å². The molecule has 0 fully saturated rings. The molecule has 1 heterocycles. The maximum atomic E-state index is 10.2. The van der Waals surface area contributed by atoms with Crippen molar-refractivity contribution in [2.24, 2.45) is 0 Å². The Balaban J connectivity index is 0.000000810. The van der Waals surface area contributed by atoms with Crippen molar-refractivity contribution < 1.29 is 9.90 Å². The van der Waals surface area contributed by atoms with Crippen molar-refractivity contribution in [2.75, 3.05) is 0 Å². The van der Waals surface area contributed by atoms with Gasteiger partial charge in [0.1, 0.15) is 0 Å². The number of nitrogens with zero attached hydrogens (tertiary/aromatic N) is 1. The molecular formula is C6H6KNO2. The van der Waals surface area contributed by atoms with Crippen LogP contribution in [0.25, 0.3) is 0 Å². The van der Waals surface area contributed by atoms with Crippen LogP contribution in [0.5, 0.6) is 0 Å². The van der Waals surface area contributed by atoms with Gasteiger partial charge >= 0.3 is 57.4 Å². The molecule has 48 valence electrons. The van der Waals surface area contributed by atoms with Crippen LogP contribution < -0.4 is 0 Å². The summed E-state index contributed by atoms with van der Waals surface area (Å²) in [6.45, 7) is 0. The Hall–Kier alpha value is 0.256. The molecule has 0 radical (unpaired) electrons. The summed E-state index contributed by atoms with van der Waals surface area (Å²) in [5.74, 6) is -0.942. The summed E-state index contributed by atoms with van der Waals surface area (Å²) in [6, 6.07) is 3.08. The fourth-order valence-corrected chi connectivity index (χ4v) is 0.489. The molecule has 0 bridgehead atoms. The van der Waals surface area contributed by atoms with Crippen molar-refractivity contribution in [3.05, 3.63) is 30.1 Å². The molecular weight excluding hydrogens is 157 g/mol. The molecule has 4 heteroatoms. The van der Waals surface area contributed by atoms with Gasteiger partial charge in [0.15, 0.2) is 0 Å². The SMILES string of the molecule is O=C(O)c1cccnc1.[KH]. The molecule has 0 saturated heterocycles. The van der Waals surface area contributed by atoms with Crippen LogP contribution in [0, 0.1) is 0 Å². The Labute approximate surface area is 101 Å². The second-order valence-corrected chi connectivity index (χ2v) is 1.55. The number of aromatic carboxylic acids is 1. The van der Waals surface area contributed by atoms with E-state index in [2.05, 4.69) is 4.98 Å². The monoisotopic (exact) mass is 163 g/mol. The molecule has 0 aliphatic heterocycles. The predicted molar refractivity (Wildman–Crippen MR) is 38.3 cm³/mol. The normalized spacial score (nSPS) is 8.00. The van der Waals surface area contributed by atoms with Crippen molar-refractivity contribution in [3.63, 3.8) is 0 Å². The van der Waals surface area contributed by atoms with Crippen LogP contribution in [-0.4, -0.2) is 67.4 Å². The summed E-state index contributed by atoms with van der Waals surface area (Å²) < 4.78 is 0. The van der Waals surface area contributed by atoms with Gasteiger partial charge in [-0.05, 0) is 12.1 Å². The molecule has 1 rings (SSSR count). The molecule has 1 aromatic heterocycles. The molecule has 0 amide bonds. The van der Waals surface area contributed by atoms with Crippen molar-refractivity contribution in [1.29, 1.82) is 0 Å². The minimum atomic E-state index is -0.942. The number of hydrogen-bond donors (Lipinski definition) is 1. The topological polar surface area (TPSA) is 50.2 Å². The maximum absolute atomic E-state index is 10.2. The number of pyridine rings is 1. The second-order valence-electron chi connectivity index (χ2n) is 1.55. The average molecular weight is 163 g/mol. The Morgan fingerprint density at radius 1 is 1.60 bits per heavy atom. The molecule has 0 aromatic carbocycles. The van der Waals surface area contributed by atoms with E-state index >= 15 is 0 Å². The van der Waals surface area contributed by atoms with Crippen LogP contribution in [0.2, 0.25) is 0 Å². The van der Waals surface area contributed by atoms with Crippen LogP contribution in [0.15, 0.2) is 24.5 Å². The van der Waals surface area contributed by atoms with Gasteiger partial charge in [0.05, 0.1) is 5.56 Å². The molecule has 1 aromatic rings. The Morgan fingerprint density at radius 2 is 2.30 bits per heavy atom. The third kappa shape index (κ3) is 2.89. The standard InChI is InChI=1S/C6H5NO2.K.H/c8-6(9)5-2-1-3-7-4-5;;/h1-4H,(H,8,9);;. The van der Waals surface area contributed by atoms with Crippen LogP contribution >= 0.6 is 0 Å². The number of carboxylic acid groups (broad SMARTS) is 1. The number of hydrogen-bond acceptors (Lipinski definition) is 2. The van der Waals surface area contributed by atoms with E-state index in [1.807, 2.05) is 0 Å². The molecule has 10 heavy (non-hydrogen) atoms. The number of rotatable bonds is 1. The van der Waals surface area contributed by atoms with E-state index in [0.717, 1.165) is 0 Å². The zero-order chi connectivity index (χ0) is 6.69. The van der Waals surface area contributed by atoms with Gasteiger partial charge in [0.2, 0.25) is 0 Å². The molecule has 0 saturated carbocycles. The first kappa shape index (κ1) is 10.3. The molecule has 0 aliphatic carbocycles. The molecule has 1 N–H and O–H groups in total. The van der Waals surface area contributed by atoms with E-state index in [9.17, 15) is 4.79 Å². The van der Waals surface area contributed by atoms with Crippen molar-refractivity contribution in [3.8, 4) is 0 Å². The molecule has 0 spiro atoms. The van der Waals surface area contributed by atoms with Crippen LogP contribution in [-0.2, 0) is 0 Å².